The van der Waals surface area contributed by atoms with Gasteiger partial charge in [-0.15, -0.1) is 11.3 Å². The topological polar surface area (TPSA) is 66.5 Å². The van der Waals surface area contributed by atoms with E-state index in [1.165, 1.54) is 10.4 Å². The van der Waals surface area contributed by atoms with Crippen LogP contribution in [-0.2, 0) is 27.8 Å². The molecule has 0 aliphatic carbocycles. The Labute approximate surface area is 174 Å². The Bertz CT molecular complexity index is 1140. The zero-order chi connectivity index (χ0) is 20.3. The fourth-order valence-electron chi connectivity index (χ4n) is 3.28. The molecule has 0 spiro atoms. The number of fused-ring (bicyclic) bond motifs is 1. The number of anilines is 1. The van der Waals surface area contributed by atoms with Gasteiger partial charge in [-0.1, -0.05) is 30.3 Å². The van der Waals surface area contributed by atoms with Crippen molar-refractivity contribution in [1.82, 2.24) is 4.31 Å². The molecule has 5 nitrogen and oxygen atoms in total. The molecule has 0 radical (unpaired) electrons. The smallest absolute Gasteiger partial charge is 0.248 e. The Morgan fingerprint density at radius 2 is 1.86 bits per heavy atom. The molecule has 1 aliphatic rings. The minimum absolute atomic E-state index is 0.220. The number of hydrogen-bond acceptors (Lipinski definition) is 4. The second kappa shape index (κ2) is 8.32. The first-order chi connectivity index (χ1) is 14.0. The van der Waals surface area contributed by atoms with Gasteiger partial charge < -0.3 is 5.32 Å². The van der Waals surface area contributed by atoms with E-state index in [0.29, 0.717) is 30.1 Å². The number of hydrogen-bond donors (Lipinski definition) is 1. The van der Waals surface area contributed by atoms with Crippen molar-refractivity contribution in [2.24, 2.45) is 0 Å². The van der Waals surface area contributed by atoms with Gasteiger partial charge in [0.25, 0.3) is 0 Å². The van der Waals surface area contributed by atoms with Crippen LogP contribution in [-0.4, -0.2) is 25.2 Å². The van der Waals surface area contributed by atoms with Crippen LogP contribution < -0.4 is 5.32 Å². The normalized spacial score (nSPS) is 14.6. The SMILES string of the molecule is O=C(/C=C/c1cccs1)Nc1ccc2c(c1)CN(S(=O)(=O)c1ccccc1)CC2. The molecule has 0 saturated carbocycles. The zero-order valence-electron chi connectivity index (χ0n) is 15.6. The van der Waals surface area contributed by atoms with Crippen molar-refractivity contribution >= 4 is 39.0 Å². The van der Waals surface area contributed by atoms with E-state index in [1.807, 2.05) is 35.7 Å². The number of benzene rings is 2. The maximum atomic E-state index is 12.9. The molecule has 1 aromatic heterocycles. The fraction of sp³-hybridized carbons (Fsp3) is 0.136. The third-order valence-corrected chi connectivity index (χ3v) is 7.47. The summed E-state index contributed by atoms with van der Waals surface area (Å²) in [6.45, 7) is 0.737. The highest BCUT2D eigenvalue weighted by Crippen LogP contribution is 2.27. The number of carbonyl (C=O) groups excluding carboxylic acids is 1. The lowest BCUT2D eigenvalue weighted by molar-refractivity contribution is -0.111. The Kier molecular flexibility index (Phi) is 5.62. The number of thiophene rings is 1. The van der Waals surface area contributed by atoms with Gasteiger partial charge in [-0.25, -0.2) is 8.42 Å². The lowest BCUT2D eigenvalue weighted by Crippen LogP contribution is -2.36. The standard InChI is InChI=1S/C22H20N2O3S2/c25-22(11-10-20-5-4-14-28-20)23-19-9-8-17-12-13-24(16-18(17)15-19)29(26,27)21-6-2-1-3-7-21/h1-11,14-15H,12-13,16H2,(H,23,25)/b11-10+. The van der Waals surface area contributed by atoms with Crippen LogP contribution in [0.5, 0.6) is 0 Å². The largest absolute Gasteiger partial charge is 0.323 e. The maximum Gasteiger partial charge on any atom is 0.248 e. The van der Waals surface area contributed by atoms with E-state index in [2.05, 4.69) is 5.32 Å². The third-order valence-electron chi connectivity index (χ3n) is 4.77. The lowest BCUT2D eigenvalue weighted by atomic mass is 10.0. The number of amides is 1. The minimum atomic E-state index is -3.54. The molecule has 0 atom stereocenters. The molecule has 29 heavy (non-hydrogen) atoms. The van der Waals surface area contributed by atoms with Crippen LogP contribution in [0.1, 0.15) is 16.0 Å². The Morgan fingerprint density at radius 3 is 2.62 bits per heavy atom. The summed E-state index contributed by atoms with van der Waals surface area (Å²) in [5.41, 5.74) is 2.68. The van der Waals surface area contributed by atoms with Crippen molar-refractivity contribution in [3.8, 4) is 0 Å². The Balaban J connectivity index is 1.49. The van der Waals surface area contributed by atoms with Crippen LogP contribution in [0.25, 0.3) is 6.08 Å². The van der Waals surface area contributed by atoms with E-state index < -0.39 is 10.0 Å². The second-order valence-corrected chi connectivity index (χ2v) is 9.64. The molecule has 148 valence electrons. The summed E-state index contributed by atoms with van der Waals surface area (Å²) in [4.78, 5) is 13.5. The molecule has 3 aromatic rings. The Morgan fingerprint density at radius 1 is 1.03 bits per heavy atom. The molecule has 4 rings (SSSR count). The molecule has 0 unspecified atom stereocenters. The van der Waals surface area contributed by atoms with E-state index in [1.54, 1.807) is 47.7 Å². The first kappa shape index (κ1) is 19.6. The molecule has 0 fully saturated rings. The van der Waals surface area contributed by atoms with Crippen LogP contribution in [0.4, 0.5) is 5.69 Å². The average molecular weight is 425 g/mol. The van der Waals surface area contributed by atoms with Crippen LogP contribution in [0.2, 0.25) is 0 Å². The van der Waals surface area contributed by atoms with Crippen LogP contribution >= 0.6 is 11.3 Å². The lowest BCUT2D eigenvalue weighted by Gasteiger charge is -2.28. The van der Waals surface area contributed by atoms with Crippen molar-refractivity contribution < 1.29 is 13.2 Å². The van der Waals surface area contributed by atoms with Crippen LogP contribution in [0, 0.1) is 0 Å². The summed E-state index contributed by atoms with van der Waals surface area (Å²) in [5.74, 6) is -0.220. The van der Waals surface area contributed by atoms with E-state index in [-0.39, 0.29) is 5.91 Å². The van der Waals surface area contributed by atoms with Gasteiger partial charge in [0.15, 0.2) is 0 Å². The monoisotopic (exact) mass is 424 g/mol. The van der Waals surface area contributed by atoms with Crippen LogP contribution in [0.3, 0.4) is 0 Å². The quantitative estimate of drug-likeness (QED) is 0.626. The fourth-order valence-corrected chi connectivity index (χ4v) is 5.34. The molecular formula is C22H20N2O3S2. The van der Waals surface area contributed by atoms with Gasteiger partial charge in [-0.2, -0.15) is 4.31 Å². The summed E-state index contributed by atoms with van der Waals surface area (Å²) in [6.07, 6.45) is 3.91. The zero-order valence-corrected chi connectivity index (χ0v) is 17.2. The maximum absolute atomic E-state index is 12.9. The van der Waals surface area contributed by atoms with Crippen LogP contribution in [0.15, 0.2) is 77.0 Å². The van der Waals surface area contributed by atoms with Gasteiger partial charge in [0.05, 0.1) is 4.90 Å². The predicted octanol–water partition coefficient (Wildman–Crippen LogP) is 4.15. The van der Waals surface area contributed by atoms with Crippen molar-refractivity contribution in [3.63, 3.8) is 0 Å². The molecule has 7 heteroatoms. The van der Waals surface area contributed by atoms with Crippen molar-refractivity contribution in [2.75, 3.05) is 11.9 Å². The van der Waals surface area contributed by atoms with Crippen molar-refractivity contribution in [1.29, 1.82) is 0 Å². The molecule has 0 saturated heterocycles. The van der Waals surface area contributed by atoms with E-state index >= 15 is 0 Å². The predicted molar refractivity (Wildman–Crippen MR) is 116 cm³/mol. The molecular weight excluding hydrogens is 404 g/mol. The number of carbonyl (C=O) groups is 1. The number of nitrogens with one attached hydrogen (secondary N) is 1. The summed E-state index contributed by atoms with van der Waals surface area (Å²) in [6, 6.07) is 18.0. The average Bonchev–Trinajstić information content (AvgIpc) is 3.26. The van der Waals surface area contributed by atoms with Gasteiger partial charge in [0.1, 0.15) is 0 Å². The summed E-state index contributed by atoms with van der Waals surface area (Å²) in [7, 11) is -3.54. The summed E-state index contributed by atoms with van der Waals surface area (Å²) in [5, 5.41) is 4.81. The molecule has 0 bridgehead atoms. The van der Waals surface area contributed by atoms with Crippen molar-refractivity contribution in [2.45, 2.75) is 17.9 Å². The van der Waals surface area contributed by atoms with E-state index in [4.69, 9.17) is 0 Å². The molecule has 1 aliphatic heterocycles. The highest BCUT2D eigenvalue weighted by atomic mass is 32.2. The highest BCUT2D eigenvalue weighted by Gasteiger charge is 2.28. The Hall–Kier alpha value is -2.74. The van der Waals surface area contributed by atoms with Crippen molar-refractivity contribution in [3.05, 3.63) is 88.1 Å². The molecule has 2 aromatic carbocycles. The molecule has 1 N–H and O–H groups in total. The minimum Gasteiger partial charge on any atom is -0.323 e. The van der Waals surface area contributed by atoms with E-state index in [0.717, 1.165) is 16.0 Å². The van der Waals surface area contributed by atoms with Gasteiger partial charge in [0.2, 0.25) is 15.9 Å². The second-order valence-electron chi connectivity index (χ2n) is 6.72. The summed E-state index contributed by atoms with van der Waals surface area (Å²) >= 11 is 1.56. The van der Waals surface area contributed by atoms with E-state index in [9.17, 15) is 13.2 Å². The first-order valence-electron chi connectivity index (χ1n) is 9.22. The highest BCUT2D eigenvalue weighted by molar-refractivity contribution is 7.89. The van der Waals surface area contributed by atoms with Gasteiger partial charge in [-0.3, -0.25) is 4.79 Å². The third kappa shape index (κ3) is 4.48. The van der Waals surface area contributed by atoms with Gasteiger partial charge >= 0.3 is 0 Å². The molecule has 1 amide bonds. The number of rotatable bonds is 5. The van der Waals surface area contributed by atoms with Gasteiger partial charge in [0, 0.05) is 29.7 Å². The number of nitrogens with zero attached hydrogens (tertiary/aromatic N) is 1. The molecule has 2 heterocycles. The summed E-state index contributed by atoms with van der Waals surface area (Å²) < 4.78 is 27.3. The first-order valence-corrected chi connectivity index (χ1v) is 11.5. The number of sulfonamides is 1. The van der Waals surface area contributed by atoms with Gasteiger partial charge in [-0.05, 0) is 59.3 Å².